The van der Waals surface area contributed by atoms with Gasteiger partial charge in [0.05, 0.1) is 5.56 Å². The van der Waals surface area contributed by atoms with Crippen molar-refractivity contribution in [1.29, 1.82) is 0 Å². The molecule has 0 saturated carbocycles. The number of nitrogens with one attached hydrogen (secondary N) is 1. The van der Waals surface area contributed by atoms with Crippen LogP contribution in [-0.2, 0) is 11.3 Å². The van der Waals surface area contributed by atoms with Gasteiger partial charge in [0.15, 0.2) is 11.5 Å². The van der Waals surface area contributed by atoms with E-state index in [1.807, 2.05) is 44.2 Å². The lowest BCUT2D eigenvalue weighted by Gasteiger charge is -2.24. The summed E-state index contributed by atoms with van der Waals surface area (Å²) in [5.41, 5.74) is 5.82. The lowest BCUT2D eigenvalue weighted by molar-refractivity contribution is 0.0982. The van der Waals surface area contributed by atoms with Gasteiger partial charge < -0.3 is 15.4 Å². The zero-order valence-corrected chi connectivity index (χ0v) is 18.9. The minimum Gasteiger partial charge on any atom is -0.385 e. The molecule has 2 aromatic heterocycles. The molecule has 2 heterocycles. The lowest BCUT2D eigenvalue weighted by atomic mass is 10.2. The van der Waals surface area contributed by atoms with Gasteiger partial charge in [-0.2, -0.15) is 0 Å². The van der Waals surface area contributed by atoms with Gasteiger partial charge in [-0.25, -0.2) is 14.8 Å². The summed E-state index contributed by atoms with van der Waals surface area (Å²) in [4.78, 5) is 50.6. The Hall–Kier alpha value is -3.79. The normalized spacial score (nSPS) is 11.0. The first-order valence-electron chi connectivity index (χ1n) is 10.6. The number of benzene rings is 1. The first kappa shape index (κ1) is 23.9. The molecule has 3 N–H and O–H groups in total. The Morgan fingerprint density at radius 1 is 1.18 bits per heavy atom. The van der Waals surface area contributed by atoms with E-state index >= 15 is 0 Å². The smallest absolute Gasteiger partial charge is 0.330 e. The van der Waals surface area contributed by atoms with Crippen LogP contribution in [0.15, 0.2) is 52.3 Å². The number of carbonyl (C=O) groups is 1. The number of ether oxygens (including phenoxy) is 1. The first-order valence-corrected chi connectivity index (χ1v) is 10.6. The van der Waals surface area contributed by atoms with Crippen molar-refractivity contribution >= 4 is 17.4 Å². The number of carbonyl (C=O) groups excluding carboxylic acids is 1. The molecule has 3 rings (SSSR count). The molecule has 3 aromatic rings. The monoisotopic (exact) mass is 452 g/mol. The molecule has 10 nitrogen and oxygen atoms in total. The zero-order valence-electron chi connectivity index (χ0n) is 18.9. The van der Waals surface area contributed by atoms with Crippen molar-refractivity contribution in [3.63, 3.8) is 0 Å². The Balaban J connectivity index is 2.02. The maximum atomic E-state index is 13.4. The Morgan fingerprint density at radius 2 is 1.85 bits per heavy atom. The summed E-state index contributed by atoms with van der Waals surface area (Å²) in [6.07, 6.45) is 3.28. The predicted octanol–water partition coefficient (Wildman–Crippen LogP) is 1.92. The van der Waals surface area contributed by atoms with Crippen molar-refractivity contribution in [3.05, 3.63) is 69.1 Å². The maximum Gasteiger partial charge on any atom is 0.330 e. The van der Waals surface area contributed by atoms with Crippen LogP contribution in [0.4, 0.5) is 11.5 Å². The van der Waals surface area contributed by atoms with Crippen molar-refractivity contribution in [2.24, 2.45) is 5.92 Å². The van der Waals surface area contributed by atoms with Crippen LogP contribution in [0.5, 0.6) is 0 Å². The Bertz CT molecular complexity index is 1200. The molecule has 0 fully saturated rings. The van der Waals surface area contributed by atoms with Crippen molar-refractivity contribution < 1.29 is 9.53 Å². The van der Waals surface area contributed by atoms with E-state index in [-0.39, 0.29) is 29.5 Å². The highest BCUT2D eigenvalue weighted by atomic mass is 16.5. The highest BCUT2D eigenvalue weighted by Gasteiger charge is 2.26. The Kier molecular flexibility index (Phi) is 7.73. The number of nitrogens with two attached hydrogens (primary N) is 1. The topological polar surface area (TPSA) is 136 Å². The highest BCUT2D eigenvalue weighted by Crippen LogP contribution is 2.21. The molecule has 0 saturated heterocycles. The average Bonchev–Trinajstić information content (AvgIpc) is 2.81. The predicted molar refractivity (Wildman–Crippen MR) is 126 cm³/mol. The van der Waals surface area contributed by atoms with Crippen LogP contribution in [0.1, 0.15) is 30.6 Å². The second-order valence-electron chi connectivity index (χ2n) is 7.96. The van der Waals surface area contributed by atoms with E-state index in [1.54, 1.807) is 7.11 Å². The highest BCUT2D eigenvalue weighted by molar-refractivity contribution is 6.06. The molecule has 0 aliphatic heterocycles. The molecule has 33 heavy (non-hydrogen) atoms. The molecule has 0 radical (unpaired) electrons. The van der Waals surface area contributed by atoms with E-state index in [0.29, 0.717) is 25.4 Å². The van der Waals surface area contributed by atoms with Crippen LogP contribution < -0.4 is 21.9 Å². The van der Waals surface area contributed by atoms with Gasteiger partial charge in [0.2, 0.25) is 0 Å². The molecule has 174 valence electrons. The number of aromatic nitrogens is 4. The first-order chi connectivity index (χ1) is 15.8. The number of methoxy groups -OCH3 is 1. The lowest BCUT2D eigenvalue weighted by Crippen LogP contribution is -2.42. The second kappa shape index (κ2) is 10.7. The quantitative estimate of drug-likeness (QED) is 0.473. The number of anilines is 2. The molecule has 10 heteroatoms. The molecule has 0 aliphatic carbocycles. The summed E-state index contributed by atoms with van der Waals surface area (Å²) >= 11 is 0. The van der Waals surface area contributed by atoms with E-state index < -0.39 is 17.2 Å². The van der Waals surface area contributed by atoms with Crippen LogP contribution in [0.2, 0.25) is 0 Å². The van der Waals surface area contributed by atoms with E-state index in [2.05, 4.69) is 15.0 Å². The van der Waals surface area contributed by atoms with Crippen LogP contribution in [0.25, 0.3) is 11.4 Å². The van der Waals surface area contributed by atoms with Crippen molar-refractivity contribution in [1.82, 2.24) is 19.5 Å². The largest absolute Gasteiger partial charge is 0.385 e. The van der Waals surface area contributed by atoms with Crippen LogP contribution in [-0.4, -0.2) is 45.7 Å². The second-order valence-corrected chi connectivity index (χ2v) is 7.96. The van der Waals surface area contributed by atoms with Gasteiger partial charge in [0.1, 0.15) is 5.82 Å². The van der Waals surface area contributed by atoms with Crippen molar-refractivity contribution in [2.75, 3.05) is 30.9 Å². The minimum atomic E-state index is -0.731. The number of nitrogens with zero attached hydrogens (tertiary/aromatic N) is 4. The number of rotatable bonds is 9. The molecule has 0 aliphatic rings. The number of amides is 1. The van der Waals surface area contributed by atoms with Gasteiger partial charge in [-0.1, -0.05) is 44.2 Å². The van der Waals surface area contributed by atoms with Crippen molar-refractivity contribution in [3.8, 4) is 11.4 Å². The summed E-state index contributed by atoms with van der Waals surface area (Å²) in [6.45, 7) is 4.66. The Labute approximate surface area is 191 Å². The van der Waals surface area contributed by atoms with Crippen LogP contribution in [0, 0.1) is 5.92 Å². The van der Waals surface area contributed by atoms with E-state index in [9.17, 15) is 14.4 Å². The fourth-order valence-corrected chi connectivity index (χ4v) is 3.40. The van der Waals surface area contributed by atoms with Gasteiger partial charge >= 0.3 is 5.69 Å². The minimum absolute atomic E-state index is 0.0648. The summed E-state index contributed by atoms with van der Waals surface area (Å²) in [5, 5.41) is 0. The number of hydrogen-bond donors (Lipinski definition) is 2. The molecule has 0 bridgehead atoms. The van der Waals surface area contributed by atoms with Crippen LogP contribution in [0.3, 0.4) is 0 Å². The Morgan fingerprint density at radius 3 is 2.45 bits per heavy atom. The van der Waals surface area contributed by atoms with E-state index in [4.69, 9.17) is 10.5 Å². The third-order valence-electron chi connectivity index (χ3n) is 4.94. The number of nitrogen functional groups attached to an aromatic ring is 1. The van der Waals surface area contributed by atoms with E-state index in [0.717, 1.165) is 5.56 Å². The maximum absolute atomic E-state index is 13.4. The van der Waals surface area contributed by atoms with Gasteiger partial charge in [-0.3, -0.25) is 19.1 Å². The molecule has 0 atom stereocenters. The van der Waals surface area contributed by atoms with Gasteiger partial charge in [0.25, 0.3) is 11.5 Å². The fraction of sp³-hybridized carbons (Fsp3) is 0.348. The number of H-pyrrole nitrogens is 1. The summed E-state index contributed by atoms with van der Waals surface area (Å²) in [5.74, 6) is 0.00366. The molecular formula is C23H28N6O4. The molecule has 1 aromatic carbocycles. The average molecular weight is 453 g/mol. The summed E-state index contributed by atoms with van der Waals surface area (Å²) in [6, 6.07) is 9.37. The van der Waals surface area contributed by atoms with Gasteiger partial charge in [0, 0.05) is 44.8 Å². The summed E-state index contributed by atoms with van der Waals surface area (Å²) < 4.78 is 6.37. The van der Waals surface area contributed by atoms with E-state index in [1.165, 1.54) is 21.9 Å². The third-order valence-corrected chi connectivity index (χ3v) is 4.94. The van der Waals surface area contributed by atoms with Gasteiger partial charge in [-0.15, -0.1) is 0 Å². The van der Waals surface area contributed by atoms with Crippen molar-refractivity contribution in [2.45, 2.75) is 26.8 Å². The molecular weight excluding hydrogens is 424 g/mol. The van der Waals surface area contributed by atoms with Crippen LogP contribution >= 0.6 is 0 Å². The molecule has 0 spiro atoms. The number of hydrogen-bond acceptors (Lipinski definition) is 7. The fourth-order valence-electron chi connectivity index (χ4n) is 3.40. The third kappa shape index (κ3) is 5.53. The zero-order chi connectivity index (χ0) is 24.0. The summed E-state index contributed by atoms with van der Waals surface area (Å²) in [7, 11) is 1.55. The molecule has 1 amide bonds. The molecule has 0 unspecified atom stereocenters. The van der Waals surface area contributed by atoms with Gasteiger partial charge in [-0.05, 0) is 12.3 Å². The SMILES string of the molecule is COCCCN(C(=O)c1cnc(-c2ccccc2)nc1)c1c(N)n(CC(C)C)c(=O)[nH]c1=O. The standard InChI is InChI=1S/C23H28N6O4/c1-15(2)14-29-19(24)18(21(30)27-23(29)32)28(10-7-11-33-3)22(31)17-12-25-20(26-13-17)16-8-5-4-6-9-16/h4-6,8-9,12-13,15H,7,10-11,14,24H2,1-3H3,(H,27,30,32). The number of aromatic amines is 1.